The number of rotatable bonds is 5. The second-order valence-electron chi connectivity index (χ2n) is 5.93. The summed E-state index contributed by atoms with van der Waals surface area (Å²) in [4.78, 5) is 24.8. The van der Waals surface area contributed by atoms with Crippen LogP contribution in [0.5, 0.6) is 11.5 Å². The molecular formula is C20H16N2O4. The Hall–Kier alpha value is -3.46. The predicted octanol–water partition coefficient (Wildman–Crippen LogP) is 3.22. The number of fused-ring (bicyclic) bond motifs is 2. The van der Waals surface area contributed by atoms with Crippen molar-refractivity contribution in [1.82, 2.24) is 0 Å². The molecule has 3 rings (SSSR count). The third-order valence-corrected chi connectivity index (χ3v) is 4.16. The molecule has 0 aliphatic carbocycles. The summed E-state index contributed by atoms with van der Waals surface area (Å²) in [7, 11) is 0. The van der Waals surface area contributed by atoms with E-state index in [1.54, 1.807) is 42.5 Å². The molecule has 0 saturated heterocycles. The molecular weight excluding hydrogens is 332 g/mol. The van der Waals surface area contributed by atoms with Gasteiger partial charge in [-0.05, 0) is 19.1 Å². The summed E-state index contributed by atoms with van der Waals surface area (Å²) >= 11 is 0. The quantitative estimate of drug-likeness (QED) is 0.660. The fourth-order valence-electron chi connectivity index (χ4n) is 2.88. The Morgan fingerprint density at radius 1 is 1.15 bits per heavy atom. The van der Waals surface area contributed by atoms with Crippen molar-refractivity contribution in [1.29, 1.82) is 10.7 Å². The number of carbonyl (C=O) groups excluding carboxylic acids is 2. The standard InChI is InChI=1S/C20H16N2O4/c1-12(22)15(10-21)16(23)11-25-20(24)19-13-6-2-4-8-17(13)26-18-9-5-3-7-14(18)19/h2-9,15,19,22H,11H2,1H3. The zero-order valence-electron chi connectivity index (χ0n) is 14.1. The van der Waals surface area contributed by atoms with E-state index in [-0.39, 0.29) is 5.71 Å². The van der Waals surface area contributed by atoms with Crippen molar-refractivity contribution in [3.63, 3.8) is 0 Å². The zero-order valence-corrected chi connectivity index (χ0v) is 14.1. The molecule has 130 valence electrons. The van der Waals surface area contributed by atoms with Gasteiger partial charge in [-0.1, -0.05) is 36.4 Å². The van der Waals surface area contributed by atoms with E-state index < -0.39 is 30.2 Å². The first-order chi connectivity index (χ1) is 12.5. The van der Waals surface area contributed by atoms with Gasteiger partial charge in [-0.15, -0.1) is 0 Å². The van der Waals surface area contributed by atoms with Crippen LogP contribution in [0.25, 0.3) is 0 Å². The van der Waals surface area contributed by atoms with Gasteiger partial charge in [0.1, 0.15) is 23.3 Å². The van der Waals surface area contributed by atoms with E-state index in [4.69, 9.17) is 20.1 Å². The summed E-state index contributed by atoms with van der Waals surface area (Å²) in [5.41, 5.74) is 1.24. The van der Waals surface area contributed by atoms with Crippen LogP contribution in [-0.2, 0) is 14.3 Å². The lowest BCUT2D eigenvalue weighted by atomic mass is 9.88. The van der Waals surface area contributed by atoms with E-state index in [2.05, 4.69) is 0 Å². The molecule has 0 fully saturated rings. The number of nitrogens with zero attached hydrogens (tertiary/aromatic N) is 1. The molecule has 1 aliphatic heterocycles. The van der Waals surface area contributed by atoms with Crippen LogP contribution in [0.1, 0.15) is 24.0 Å². The van der Waals surface area contributed by atoms with Gasteiger partial charge >= 0.3 is 5.97 Å². The van der Waals surface area contributed by atoms with Gasteiger partial charge < -0.3 is 14.9 Å². The van der Waals surface area contributed by atoms with Gasteiger partial charge in [-0.2, -0.15) is 5.26 Å². The number of ketones is 1. The van der Waals surface area contributed by atoms with Gasteiger partial charge in [-0.25, -0.2) is 0 Å². The molecule has 1 unspecified atom stereocenters. The van der Waals surface area contributed by atoms with Gasteiger partial charge in [0.25, 0.3) is 0 Å². The van der Waals surface area contributed by atoms with Crippen molar-refractivity contribution in [2.24, 2.45) is 5.92 Å². The third-order valence-electron chi connectivity index (χ3n) is 4.16. The van der Waals surface area contributed by atoms with Crippen LogP contribution in [0.15, 0.2) is 48.5 Å². The van der Waals surface area contributed by atoms with E-state index in [9.17, 15) is 9.59 Å². The van der Waals surface area contributed by atoms with Crippen molar-refractivity contribution in [2.45, 2.75) is 12.8 Å². The van der Waals surface area contributed by atoms with Crippen molar-refractivity contribution < 1.29 is 19.1 Å². The van der Waals surface area contributed by atoms with Gasteiger partial charge in [-0.3, -0.25) is 9.59 Å². The summed E-state index contributed by atoms with van der Waals surface area (Å²) in [6, 6.07) is 16.0. The van der Waals surface area contributed by atoms with Gasteiger partial charge in [0, 0.05) is 16.8 Å². The Morgan fingerprint density at radius 2 is 1.69 bits per heavy atom. The number of Topliss-reactive ketones (excluding diaryl/α,β-unsaturated/α-hetero) is 1. The number of nitriles is 1. The van der Waals surface area contributed by atoms with Gasteiger partial charge in [0.05, 0.1) is 6.07 Å². The highest BCUT2D eigenvalue weighted by Crippen LogP contribution is 2.44. The molecule has 1 N–H and O–H groups in total. The molecule has 2 aromatic rings. The largest absolute Gasteiger partial charge is 0.457 e. The van der Waals surface area contributed by atoms with Crippen molar-refractivity contribution in [3.05, 3.63) is 59.7 Å². The Bertz CT molecular complexity index is 884. The van der Waals surface area contributed by atoms with E-state index in [0.717, 1.165) is 0 Å². The third kappa shape index (κ3) is 3.20. The van der Waals surface area contributed by atoms with E-state index in [1.807, 2.05) is 12.1 Å². The molecule has 0 spiro atoms. The average Bonchev–Trinajstić information content (AvgIpc) is 2.64. The molecule has 6 heteroatoms. The highest BCUT2D eigenvalue weighted by Gasteiger charge is 2.34. The van der Waals surface area contributed by atoms with Crippen molar-refractivity contribution in [2.75, 3.05) is 6.61 Å². The van der Waals surface area contributed by atoms with Crippen LogP contribution < -0.4 is 4.74 Å². The van der Waals surface area contributed by atoms with Crippen LogP contribution in [0.2, 0.25) is 0 Å². The number of para-hydroxylation sites is 2. The molecule has 0 saturated carbocycles. The number of ether oxygens (including phenoxy) is 2. The summed E-state index contributed by atoms with van der Waals surface area (Å²) < 4.78 is 11.0. The van der Waals surface area contributed by atoms with Crippen LogP contribution in [0.3, 0.4) is 0 Å². The summed E-state index contributed by atoms with van der Waals surface area (Å²) in [5.74, 6) is -2.00. The molecule has 0 bridgehead atoms. The maximum Gasteiger partial charge on any atom is 0.318 e. The molecule has 1 aliphatic rings. The topological polar surface area (TPSA) is 100 Å². The molecule has 1 heterocycles. The van der Waals surface area contributed by atoms with Crippen LogP contribution in [-0.4, -0.2) is 24.1 Å². The van der Waals surface area contributed by atoms with Gasteiger partial charge in [0.15, 0.2) is 12.4 Å². The first-order valence-electron chi connectivity index (χ1n) is 8.02. The summed E-state index contributed by atoms with van der Waals surface area (Å²) in [5, 5.41) is 16.4. The monoisotopic (exact) mass is 348 g/mol. The second kappa shape index (κ2) is 7.19. The number of benzene rings is 2. The minimum absolute atomic E-state index is 0.0738. The van der Waals surface area contributed by atoms with Crippen LogP contribution in [0.4, 0.5) is 0 Å². The minimum Gasteiger partial charge on any atom is -0.457 e. The molecule has 1 atom stereocenters. The van der Waals surface area contributed by atoms with Gasteiger partial charge in [0.2, 0.25) is 0 Å². The Kier molecular flexibility index (Phi) is 4.81. The SMILES string of the molecule is CC(=N)C(C#N)C(=O)COC(=O)C1c2ccccc2Oc2ccccc21. The Labute approximate surface area is 150 Å². The molecule has 26 heavy (non-hydrogen) atoms. The maximum atomic E-state index is 12.7. The lowest BCUT2D eigenvalue weighted by molar-refractivity contribution is -0.148. The average molecular weight is 348 g/mol. The van der Waals surface area contributed by atoms with Crippen molar-refractivity contribution in [3.8, 4) is 17.6 Å². The maximum absolute atomic E-state index is 12.7. The first-order valence-corrected chi connectivity index (χ1v) is 8.02. The number of hydrogen-bond acceptors (Lipinski definition) is 6. The predicted molar refractivity (Wildman–Crippen MR) is 93.3 cm³/mol. The number of esters is 1. The summed E-state index contributed by atoms with van der Waals surface area (Å²) in [6.07, 6.45) is 0. The van der Waals surface area contributed by atoms with Crippen LogP contribution in [0, 0.1) is 22.7 Å². The highest BCUT2D eigenvalue weighted by molar-refractivity contribution is 6.06. The first kappa shape index (κ1) is 17.4. The van der Waals surface area contributed by atoms with Crippen LogP contribution >= 0.6 is 0 Å². The smallest absolute Gasteiger partial charge is 0.318 e. The fourth-order valence-corrected chi connectivity index (χ4v) is 2.88. The Balaban J connectivity index is 1.85. The fraction of sp³-hybridized carbons (Fsp3) is 0.200. The molecule has 0 amide bonds. The lowest BCUT2D eigenvalue weighted by Crippen LogP contribution is -2.28. The van der Waals surface area contributed by atoms with E-state index in [0.29, 0.717) is 22.6 Å². The number of nitrogens with one attached hydrogen (secondary N) is 1. The van der Waals surface area contributed by atoms with E-state index in [1.165, 1.54) is 6.92 Å². The minimum atomic E-state index is -1.20. The molecule has 6 nitrogen and oxygen atoms in total. The number of hydrogen-bond donors (Lipinski definition) is 1. The summed E-state index contributed by atoms with van der Waals surface area (Å²) in [6.45, 7) is 0.827. The second-order valence-corrected chi connectivity index (χ2v) is 5.93. The molecule has 0 radical (unpaired) electrons. The Morgan fingerprint density at radius 3 is 2.19 bits per heavy atom. The zero-order chi connectivity index (χ0) is 18.7. The molecule has 2 aromatic carbocycles. The lowest BCUT2D eigenvalue weighted by Gasteiger charge is -2.26. The van der Waals surface area contributed by atoms with Crippen molar-refractivity contribution >= 4 is 17.5 Å². The normalized spacial score (nSPS) is 13.4. The van der Waals surface area contributed by atoms with E-state index >= 15 is 0 Å². The highest BCUT2D eigenvalue weighted by atomic mass is 16.5. The molecule has 0 aromatic heterocycles. The number of carbonyl (C=O) groups is 2.